The average Bonchev–Trinajstić information content (AvgIpc) is 3.65. The van der Waals surface area contributed by atoms with Crippen LogP contribution in [0.3, 0.4) is 0 Å². The van der Waals surface area contributed by atoms with E-state index in [1.807, 2.05) is 47.4 Å². The highest BCUT2D eigenvalue weighted by Crippen LogP contribution is 2.46. The lowest BCUT2D eigenvalue weighted by Crippen LogP contribution is -2.61. The molecule has 4 aromatic rings. The minimum absolute atomic E-state index is 0.264. The van der Waals surface area contributed by atoms with Gasteiger partial charge in [-0.05, 0) is 88.9 Å². The Morgan fingerprint density at radius 1 is 0.804 bits per heavy atom. The van der Waals surface area contributed by atoms with Crippen LogP contribution < -0.4 is 14.8 Å². The Morgan fingerprint density at radius 3 is 2.20 bits per heavy atom. The molecule has 2 atom stereocenters. The van der Waals surface area contributed by atoms with Crippen molar-refractivity contribution >= 4 is 11.9 Å². The highest BCUT2D eigenvalue weighted by atomic mass is 16.5. The van der Waals surface area contributed by atoms with E-state index in [2.05, 4.69) is 53.8 Å². The van der Waals surface area contributed by atoms with Crippen LogP contribution in [0.2, 0.25) is 0 Å². The highest BCUT2D eigenvalue weighted by Gasteiger charge is 2.54. The number of β-lactam (4-membered cyclic amide) rings is 1. The Labute approximate surface area is 270 Å². The van der Waals surface area contributed by atoms with Crippen LogP contribution in [-0.4, -0.2) is 48.7 Å². The Hall–Kier alpha value is -4.62. The van der Waals surface area contributed by atoms with Crippen molar-refractivity contribution in [3.8, 4) is 11.5 Å². The molecule has 46 heavy (non-hydrogen) atoms. The zero-order chi connectivity index (χ0) is 31.7. The van der Waals surface area contributed by atoms with Crippen LogP contribution in [0.4, 0.5) is 0 Å². The molecule has 236 valence electrons. The molecule has 7 nitrogen and oxygen atoms in total. The zero-order valence-electron chi connectivity index (χ0n) is 26.3. The fraction of sp³-hybridized carbons (Fsp3) is 0.333. The van der Waals surface area contributed by atoms with Crippen molar-refractivity contribution in [3.63, 3.8) is 0 Å². The van der Waals surface area contributed by atoms with Gasteiger partial charge in [0.1, 0.15) is 11.5 Å². The van der Waals surface area contributed by atoms with E-state index in [1.54, 1.807) is 7.11 Å². The fourth-order valence-corrected chi connectivity index (χ4v) is 7.53. The Morgan fingerprint density at radius 2 is 1.46 bits per heavy atom. The Balaban J connectivity index is 0.867. The van der Waals surface area contributed by atoms with Gasteiger partial charge in [0.15, 0.2) is 0 Å². The number of nitrogens with zero attached hydrogens (tertiary/aromatic N) is 1. The van der Waals surface area contributed by atoms with Crippen molar-refractivity contribution in [3.05, 3.63) is 130 Å². The molecule has 1 spiro atoms. The monoisotopic (exact) mass is 616 g/mol. The number of hydrogen-bond acceptors (Lipinski definition) is 5. The largest absolute Gasteiger partial charge is 0.497 e. The van der Waals surface area contributed by atoms with Crippen molar-refractivity contribution < 1.29 is 24.2 Å². The second-order valence-electron chi connectivity index (χ2n) is 13.3. The van der Waals surface area contributed by atoms with Gasteiger partial charge in [0, 0.05) is 32.6 Å². The summed E-state index contributed by atoms with van der Waals surface area (Å²) in [5.41, 5.74) is 6.97. The maximum Gasteiger partial charge on any atom is 0.311 e. The molecule has 1 fully saturated rings. The van der Waals surface area contributed by atoms with Crippen LogP contribution >= 0.6 is 0 Å². The van der Waals surface area contributed by atoms with Gasteiger partial charge in [-0.15, -0.1) is 0 Å². The number of carbonyl (C=O) groups excluding carboxylic acids is 1. The third kappa shape index (κ3) is 5.87. The molecule has 2 aliphatic carbocycles. The molecular formula is C39H40N2O5. The number of carboxylic acid groups (broad SMARTS) is 1. The topological polar surface area (TPSA) is 88.1 Å². The molecule has 1 heterocycles. The molecule has 3 aliphatic rings. The summed E-state index contributed by atoms with van der Waals surface area (Å²) in [5.74, 6) is 1.11. The molecule has 7 heteroatoms. The van der Waals surface area contributed by atoms with Crippen LogP contribution in [0, 0.1) is 10.8 Å². The van der Waals surface area contributed by atoms with Gasteiger partial charge in [0.25, 0.3) is 0 Å². The van der Waals surface area contributed by atoms with E-state index in [1.165, 1.54) is 22.3 Å². The lowest BCUT2D eigenvalue weighted by molar-refractivity contribution is -0.160. The molecule has 1 aliphatic heterocycles. The number of ether oxygens (including phenoxy) is 2. The quantitative estimate of drug-likeness (QED) is 0.207. The number of fused-ring (bicyclic) bond motifs is 2. The van der Waals surface area contributed by atoms with Crippen molar-refractivity contribution in [2.24, 2.45) is 10.8 Å². The first kappa shape index (κ1) is 30.1. The van der Waals surface area contributed by atoms with E-state index in [9.17, 15) is 14.7 Å². The summed E-state index contributed by atoms with van der Waals surface area (Å²) in [5, 5.41) is 13.5. The number of benzene rings is 4. The summed E-state index contributed by atoms with van der Waals surface area (Å²) in [6, 6.07) is 30.7. The number of nitrogens with one attached hydrogen (secondary N) is 1. The molecular weight excluding hydrogens is 576 g/mol. The number of carbonyl (C=O) groups is 2. The first-order valence-electron chi connectivity index (χ1n) is 16.1. The summed E-state index contributed by atoms with van der Waals surface area (Å²) in [4.78, 5) is 27.5. The zero-order valence-corrected chi connectivity index (χ0v) is 26.3. The summed E-state index contributed by atoms with van der Waals surface area (Å²) in [6.07, 6.45) is 3.40. The SMILES string of the molecule is COc1ccc2c(c1)CC(CNCc1ccc(CCOc3ccc4c(c3)CC3(C4)CN(Cc4ccccc4)C3=O)cc1)(C(=O)O)C2. The number of methoxy groups -OCH3 is 1. The van der Waals surface area contributed by atoms with Crippen LogP contribution in [0.15, 0.2) is 91.0 Å². The summed E-state index contributed by atoms with van der Waals surface area (Å²) in [7, 11) is 1.63. The van der Waals surface area contributed by atoms with Crippen molar-refractivity contribution in [1.29, 1.82) is 0 Å². The third-order valence-electron chi connectivity index (χ3n) is 10.1. The molecule has 2 unspecified atom stereocenters. The van der Waals surface area contributed by atoms with Gasteiger partial charge < -0.3 is 24.8 Å². The summed E-state index contributed by atoms with van der Waals surface area (Å²) in [6.45, 7) is 3.06. The van der Waals surface area contributed by atoms with Crippen molar-refractivity contribution in [1.82, 2.24) is 10.2 Å². The first-order chi connectivity index (χ1) is 22.3. The summed E-state index contributed by atoms with van der Waals surface area (Å²) >= 11 is 0. The minimum Gasteiger partial charge on any atom is -0.497 e. The molecule has 7 rings (SSSR count). The number of likely N-dealkylation sites (tertiary alicyclic amines) is 1. The van der Waals surface area contributed by atoms with Crippen molar-refractivity contribution in [2.75, 3.05) is 26.8 Å². The summed E-state index contributed by atoms with van der Waals surface area (Å²) < 4.78 is 11.5. The second-order valence-corrected chi connectivity index (χ2v) is 13.3. The van der Waals surface area contributed by atoms with E-state index in [-0.39, 0.29) is 11.3 Å². The third-order valence-corrected chi connectivity index (χ3v) is 10.1. The molecule has 0 radical (unpaired) electrons. The fourth-order valence-electron chi connectivity index (χ4n) is 7.53. The Bertz CT molecular complexity index is 1750. The van der Waals surface area contributed by atoms with Gasteiger partial charge in [-0.2, -0.15) is 0 Å². The van der Waals surface area contributed by atoms with Gasteiger partial charge in [-0.1, -0.05) is 66.7 Å². The number of aliphatic carboxylic acids is 1. The smallest absolute Gasteiger partial charge is 0.311 e. The number of carboxylic acids is 1. The van der Waals surface area contributed by atoms with Crippen LogP contribution in [0.1, 0.15) is 38.9 Å². The van der Waals surface area contributed by atoms with Crippen LogP contribution in [0.5, 0.6) is 11.5 Å². The van der Waals surface area contributed by atoms with E-state index in [0.29, 0.717) is 39.1 Å². The molecule has 0 saturated carbocycles. The van der Waals surface area contributed by atoms with E-state index < -0.39 is 11.4 Å². The van der Waals surface area contributed by atoms with Gasteiger partial charge in [0.2, 0.25) is 5.91 Å². The highest BCUT2D eigenvalue weighted by molar-refractivity contribution is 5.90. The molecule has 1 saturated heterocycles. The van der Waals surface area contributed by atoms with Gasteiger partial charge in [0.05, 0.1) is 24.5 Å². The Kier molecular flexibility index (Phi) is 8.03. The number of hydrogen-bond donors (Lipinski definition) is 2. The molecule has 1 amide bonds. The van der Waals surface area contributed by atoms with Gasteiger partial charge in [-0.3, -0.25) is 9.59 Å². The number of amides is 1. The second kappa shape index (κ2) is 12.3. The molecule has 2 N–H and O–H groups in total. The predicted octanol–water partition coefficient (Wildman–Crippen LogP) is 5.40. The van der Waals surface area contributed by atoms with Crippen LogP contribution in [-0.2, 0) is 54.8 Å². The molecule has 0 aromatic heterocycles. The maximum atomic E-state index is 13.2. The normalized spacial score (nSPS) is 21.2. The lowest BCUT2D eigenvalue weighted by Gasteiger charge is -2.47. The lowest BCUT2D eigenvalue weighted by atomic mass is 9.76. The van der Waals surface area contributed by atoms with Crippen molar-refractivity contribution in [2.45, 2.75) is 45.2 Å². The van der Waals surface area contributed by atoms with Gasteiger partial charge in [-0.25, -0.2) is 0 Å². The number of rotatable bonds is 12. The van der Waals surface area contributed by atoms with Gasteiger partial charge >= 0.3 is 5.97 Å². The average molecular weight is 617 g/mol. The minimum atomic E-state index is -0.847. The first-order valence-corrected chi connectivity index (χ1v) is 16.1. The van der Waals surface area contributed by atoms with E-state index in [4.69, 9.17) is 9.47 Å². The van der Waals surface area contributed by atoms with E-state index >= 15 is 0 Å². The molecule has 4 aromatic carbocycles. The standard InChI is InChI=1S/C39H40N2O5/c1-45-34-13-11-30-19-38(37(43)44,21-32(30)17-34)25-40-23-28-9-7-27(8-10-28)15-16-46-35-14-12-31-20-39(22-33(31)18-35)26-41(36(39)42)24-29-5-3-2-4-6-29/h2-14,17-18,40H,15-16,19-26H2,1H3,(H,43,44). The van der Waals surface area contributed by atoms with E-state index in [0.717, 1.165) is 54.0 Å². The predicted molar refractivity (Wildman–Crippen MR) is 176 cm³/mol. The molecule has 0 bridgehead atoms. The maximum absolute atomic E-state index is 13.2. The van der Waals surface area contributed by atoms with Crippen LogP contribution in [0.25, 0.3) is 0 Å².